The van der Waals surface area contributed by atoms with Crippen LogP contribution in [0.4, 0.5) is 10.5 Å². The summed E-state index contributed by atoms with van der Waals surface area (Å²) in [5, 5.41) is 11.3. The average Bonchev–Trinajstić information content (AvgIpc) is 2.19. The zero-order valence-corrected chi connectivity index (χ0v) is 10.0. The van der Waals surface area contributed by atoms with Gasteiger partial charge in [0.25, 0.3) is 0 Å². The van der Waals surface area contributed by atoms with Gasteiger partial charge in [-0.1, -0.05) is 27.5 Å². The fourth-order valence-corrected chi connectivity index (χ4v) is 1.60. The molecule has 0 bridgehead atoms. The Balaban J connectivity index is 2.60. The predicted octanol–water partition coefficient (Wildman–Crippen LogP) is 2.64. The molecule has 0 heterocycles. The summed E-state index contributed by atoms with van der Waals surface area (Å²) in [5.74, 6) is 0. The van der Waals surface area contributed by atoms with Crippen molar-refractivity contribution in [2.24, 2.45) is 0 Å². The lowest BCUT2D eigenvalue weighted by Crippen LogP contribution is -2.15. The topological polar surface area (TPSA) is 58.6 Å². The third kappa shape index (κ3) is 4.07. The molecular formula is C9H9BrClNO3. The summed E-state index contributed by atoms with van der Waals surface area (Å²) in [6.45, 7) is -0.249. The number of rotatable bonds is 3. The molecule has 0 aliphatic carbocycles. The third-order valence-electron chi connectivity index (χ3n) is 1.49. The lowest BCUT2D eigenvalue weighted by Gasteiger charge is -2.07. The van der Waals surface area contributed by atoms with E-state index in [2.05, 4.69) is 26.0 Å². The van der Waals surface area contributed by atoms with E-state index in [9.17, 15) is 4.79 Å². The molecule has 1 rings (SSSR count). The van der Waals surface area contributed by atoms with Crippen LogP contribution in [-0.2, 0) is 4.74 Å². The van der Waals surface area contributed by atoms with Gasteiger partial charge in [-0.05, 0) is 18.2 Å². The molecule has 0 unspecified atom stereocenters. The van der Waals surface area contributed by atoms with E-state index in [4.69, 9.17) is 16.7 Å². The first-order valence-corrected chi connectivity index (χ1v) is 5.30. The van der Waals surface area contributed by atoms with Gasteiger partial charge < -0.3 is 9.84 Å². The molecule has 1 aromatic carbocycles. The third-order valence-corrected chi connectivity index (χ3v) is 2.30. The molecule has 2 N–H and O–H groups in total. The zero-order chi connectivity index (χ0) is 11.3. The Labute approximate surface area is 100 Å². The summed E-state index contributed by atoms with van der Waals surface area (Å²) in [6, 6.07) is 5.05. The highest BCUT2D eigenvalue weighted by molar-refractivity contribution is 9.10. The van der Waals surface area contributed by atoms with Crippen molar-refractivity contribution in [1.29, 1.82) is 0 Å². The molecule has 0 aliphatic rings. The lowest BCUT2D eigenvalue weighted by atomic mass is 10.3. The Kier molecular flexibility index (Phi) is 4.87. The van der Waals surface area contributed by atoms with E-state index in [1.807, 2.05) is 0 Å². The van der Waals surface area contributed by atoms with Gasteiger partial charge in [0, 0.05) is 4.47 Å². The van der Waals surface area contributed by atoms with Crippen molar-refractivity contribution in [3.63, 3.8) is 0 Å². The first-order valence-electron chi connectivity index (χ1n) is 4.13. The first-order chi connectivity index (χ1) is 7.13. The minimum atomic E-state index is -0.645. The summed E-state index contributed by atoms with van der Waals surface area (Å²) in [6.07, 6.45) is -0.645. The molecule has 0 aliphatic heterocycles. The van der Waals surface area contributed by atoms with E-state index in [0.29, 0.717) is 10.7 Å². The smallest absolute Gasteiger partial charge is 0.411 e. The summed E-state index contributed by atoms with van der Waals surface area (Å²) in [4.78, 5) is 11.1. The van der Waals surface area contributed by atoms with Crippen molar-refractivity contribution in [3.05, 3.63) is 27.7 Å². The maximum absolute atomic E-state index is 11.1. The van der Waals surface area contributed by atoms with Crippen LogP contribution in [0.1, 0.15) is 0 Å². The van der Waals surface area contributed by atoms with Crippen LogP contribution in [0.3, 0.4) is 0 Å². The molecule has 0 saturated carbocycles. The molecule has 4 nitrogen and oxygen atoms in total. The van der Waals surface area contributed by atoms with Crippen LogP contribution < -0.4 is 5.32 Å². The number of carbonyl (C=O) groups excluding carboxylic acids is 1. The van der Waals surface area contributed by atoms with E-state index >= 15 is 0 Å². The Morgan fingerprint density at radius 3 is 2.93 bits per heavy atom. The van der Waals surface area contributed by atoms with Crippen molar-refractivity contribution in [3.8, 4) is 0 Å². The summed E-state index contributed by atoms with van der Waals surface area (Å²) in [5.41, 5.74) is 0.461. The number of halogens is 2. The number of hydrogen-bond acceptors (Lipinski definition) is 3. The number of hydrogen-bond donors (Lipinski definition) is 2. The lowest BCUT2D eigenvalue weighted by molar-refractivity contribution is 0.131. The minimum absolute atomic E-state index is 0.0417. The Morgan fingerprint density at radius 1 is 1.60 bits per heavy atom. The molecule has 0 saturated heterocycles. The van der Waals surface area contributed by atoms with E-state index in [-0.39, 0.29) is 13.2 Å². The maximum Gasteiger partial charge on any atom is 0.411 e. The highest BCUT2D eigenvalue weighted by Gasteiger charge is 2.06. The maximum atomic E-state index is 11.1. The number of benzene rings is 1. The van der Waals surface area contributed by atoms with Crippen molar-refractivity contribution >= 4 is 39.3 Å². The molecule has 0 aromatic heterocycles. The number of carbonyl (C=O) groups is 1. The van der Waals surface area contributed by atoms with E-state index in [0.717, 1.165) is 4.47 Å². The van der Waals surface area contributed by atoms with Gasteiger partial charge in [0.1, 0.15) is 6.61 Å². The summed E-state index contributed by atoms with van der Waals surface area (Å²) >= 11 is 9.10. The standard InChI is InChI=1S/C9H9BrClNO3/c10-6-1-2-8(7(11)5-6)12-9(14)15-4-3-13/h1-2,5,13H,3-4H2,(H,12,14). The number of anilines is 1. The van der Waals surface area contributed by atoms with Gasteiger partial charge in [0.05, 0.1) is 17.3 Å². The molecule has 6 heteroatoms. The number of aliphatic hydroxyl groups excluding tert-OH is 1. The van der Waals surface area contributed by atoms with Gasteiger partial charge in [-0.15, -0.1) is 0 Å². The van der Waals surface area contributed by atoms with E-state index in [1.165, 1.54) is 0 Å². The van der Waals surface area contributed by atoms with Gasteiger partial charge in [0.15, 0.2) is 0 Å². The molecule has 0 atom stereocenters. The van der Waals surface area contributed by atoms with Gasteiger partial charge in [-0.3, -0.25) is 5.32 Å². The largest absolute Gasteiger partial charge is 0.447 e. The molecule has 0 fully saturated rings. The molecule has 1 aromatic rings. The average molecular weight is 295 g/mol. The second-order valence-corrected chi connectivity index (χ2v) is 3.93. The predicted molar refractivity (Wildman–Crippen MR) is 61.2 cm³/mol. The fraction of sp³-hybridized carbons (Fsp3) is 0.222. The molecule has 0 radical (unpaired) electrons. The summed E-state index contributed by atoms with van der Waals surface area (Å²) in [7, 11) is 0. The number of amides is 1. The van der Waals surface area contributed by atoms with Crippen LogP contribution in [-0.4, -0.2) is 24.4 Å². The molecule has 0 spiro atoms. The number of nitrogens with one attached hydrogen (secondary N) is 1. The van der Waals surface area contributed by atoms with Crippen LogP contribution >= 0.6 is 27.5 Å². The quantitative estimate of drug-likeness (QED) is 0.901. The second-order valence-electron chi connectivity index (χ2n) is 2.61. The Hall–Kier alpha value is -0.780. The van der Waals surface area contributed by atoms with Crippen molar-refractivity contribution in [2.45, 2.75) is 0 Å². The number of aliphatic hydroxyl groups is 1. The van der Waals surface area contributed by atoms with E-state index in [1.54, 1.807) is 18.2 Å². The second kappa shape index (κ2) is 5.95. The minimum Gasteiger partial charge on any atom is -0.447 e. The summed E-state index contributed by atoms with van der Waals surface area (Å²) < 4.78 is 5.43. The van der Waals surface area contributed by atoms with E-state index < -0.39 is 6.09 Å². The number of ether oxygens (including phenoxy) is 1. The Morgan fingerprint density at radius 2 is 2.33 bits per heavy atom. The normalized spacial score (nSPS) is 9.80. The SMILES string of the molecule is O=C(Nc1ccc(Br)cc1Cl)OCCO. The van der Waals surface area contributed by atoms with Crippen LogP contribution in [0.15, 0.2) is 22.7 Å². The van der Waals surface area contributed by atoms with Crippen LogP contribution in [0.5, 0.6) is 0 Å². The van der Waals surface area contributed by atoms with Crippen molar-refractivity contribution in [2.75, 3.05) is 18.5 Å². The van der Waals surface area contributed by atoms with Gasteiger partial charge >= 0.3 is 6.09 Å². The fourth-order valence-electron chi connectivity index (χ4n) is 0.875. The molecule has 15 heavy (non-hydrogen) atoms. The van der Waals surface area contributed by atoms with Gasteiger partial charge in [0.2, 0.25) is 0 Å². The monoisotopic (exact) mass is 293 g/mol. The van der Waals surface area contributed by atoms with Crippen LogP contribution in [0.2, 0.25) is 5.02 Å². The van der Waals surface area contributed by atoms with Gasteiger partial charge in [-0.2, -0.15) is 0 Å². The molecule has 82 valence electrons. The molecule has 1 amide bonds. The highest BCUT2D eigenvalue weighted by Crippen LogP contribution is 2.25. The van der Waals surface area contributed by atoms with Crippen molar-refractivity contribution in [1.82, 2.24) is 0 Å². The van der Waals surface area contributed by atoms with Crippen molar-refractivity contribution < 1.29 is 14.6 Å². The zero-order valence-electron chi connectivity index (χ0n) is 7.67. The van der Waals surface area contributed by atoms with Crippen LogP contribution in [0, 0.1) is 0 Å². The highest BCUT2D eigenvalue weighted by atomic mass is 79.9. The Bertz CT molecular complexity index is 359. The van der Waals surface area contributed by atoms with Gasteiger partial charge in [-0.25, -0.2) is 4.79 Å². The van der Waals surface area contributed by atoms with Crippen LogP contribution in [0.25, 0.3) is 0 Å². The molecular weight excluding hydrogens is 285 g/mol. The first kappa shape index (κ1) is 12.3.